The van der Waals surface area contributed by atoms with Crippen molar-refractivity contribution in [3.05, 3.63) is 47.5 Å². The second kappa shape index (κ2) is 8.71. The third-order valence-corrected chi connectivity index (χ3v) is 5.56. The number of benzene rings is 2. The first kappa shape index (κ1) is 20.8. The molecule has 7 heteroatoms. The second-order valence-electron chi connectivity index (χ2n) is 7.64. The van der Waals surface area contributed by atoms with Gasteiger partial charge < -0.3 is 24.4 Å². The highest BCUT2D eigenvalue weighted by atomic mass is 16.5. The van der Waals surface area contributed by atoms with Crippen molar-refractivity contribution in [1.82, 2.24) is 0 Å². The van der Waals surface area contributed by atoms with E-state index in [4.69, 9.17) is 14.2 Å². The highest BCUT2D eigenvalue weighted by Gasteiger charge is 2.36. The molecule has 2 amide bonds. The van der Waals surface area contributed by atoms with Gasteiger partial charge in [0.2, 0.25) is 17.6 Å². The number of nitrogens with zero attached hydrogens (tertiary/aromatic N) is 1. The van der Waals surface area contributed by atoms with Crippen molar-refractivity contribution in [2.24, 2.45) is 5.92 Å². The van der Waals surface area contributed by atoms with Gasteiger partial charge in [-0.05, 0) is 60.7 Å². The predicted octanol–water partition coefficient (Wildman–Crippen LogP) is 3.66. The summed E-state index contributed by atoms with van der Waals surface area (Å²) in [6.07, 6.45) is 5.93. The third-order valence-electron chi connectivity index (χ3n) is 5.56. The fourth-order valence-corrected chi connectivity index (χ4v) is 3.79. The highest BCUT2D eigenvalue weighted by Crippen LogP contribution is 2.39. The molecule has 0 atom stereocenters. The Labute approximate surface area is 181 Å². The van der Waals surface area contributed by atoms with Gasteiger partial charge in [0.25, 0.3) is 0 Å². The molecule has 31 heavy (non-hydrogen) atoms. The Morgan fingerprint density at radius 3 is 2.35 bits per heavy atom. The van der Waals surface area contributed by atoms with Crippen LogP contribution in [0.15, 0.2) is 36.4 Å². The van der Waals surface area contributed by atoms with Crippen molar-refractivity contribution in [3.8, 4) is 17.2 Å². The van der Waals surface area contributed by atoms with E-state index in [1.54, 1.807) is 39.5 Å². The minimum Gasteiger partial charge on any atom is -0.493 e. The average Bonchev–Trinajstić information content (AvgIpc) is 3.56. The molecule has 1 heterocycles. The zero-order valence-corrected chi connectivity index (χ0v) is 17.9. The summed E-state index contributed by atoms with van der Waals surface area (Å²) in [6.45, 7) is 0.711. The molecule has 0 spiro atoms. The number of amides is 2. The molecule has 2 aliphatic rings. The van der Waals surface area contributed by atoms with E-state index in [0.29, 0.717) is 29.5 Å². The molecule has 1 fully saturated rings. The van der Waals surface area contributed by atoms with Crippen LogP contribution in [-0.2, 0) is 16.0 Å². The largest absolute Gasteiger partial charge is 0.493 e. The van der Waals surface area contributed by atoms with Crippen molar-refractivity contribution >= 4 is 29.3 Å². The van der Waals surface area contributed by atoms with E-state index < -0.39 is 0 Å². The van der Waals surface area contributed by atoms with E-state index in [2.05, 4.69) is 5.32 Å². The Morgan fingerprint density at radius 2 is 1.74 bits per heavy atom. The summed E-state index contributed by atoms with van der Waals surface area (Å²) < 4.78 is 16.0. The van der Waals surface area contributed by atoms with Gasteiger partial charge >= 0.3 is 0 Å². The predicted molar refractivity (Wildman–Crippen MR) is 119 cm³/mol. The van der Waals surface area contributed by atoms with Crippen LogP contribution in [0.2, 0.25) is 0 Å². The van der Waals surface area contributed by atoms with Gasteiger partial charge in [-0.25, -0.2) is 0 Å². The summed E-state index contributed by atoms with van der Waals surface area (Å²) in [5.41, 5.74) is 3.44. The lowest BCUT2D eigenvalue weighted by molar-refractivity contribution is -0.119. The molecule has 1 aliphatic carbocycles. The Bertz CT molecular complexity index is 1020. The third kappa shape index (κ3) is 4.35. The van der Waals surface area contributed by atoms with E-state index in [0.717, 1.165) is 36.1 Å². The first-order chi connectivity index (χ1) is 15.0. The van der Waals surface area contributed by atoms with E-state index in [9.17, 15) is 9.59 Å². The van der Waals surface area contributed by atoms with Gasteiger partial charge in [0.05, 0.1) is 21.3 Å². The highest BCUT2D eigenvalue weighted by molar-refractivity contribution is 6.03. The topological polar surface area (TPSA) is 77.1 Å². The standard InChI is InChI=1S/C24H26N2O5/c1-29-20-12-15(13-21(30-2)23(20)31-3)4-9-22(27)25-18-8-7-16-10-11-26(19(16)14-18)24(28)17-5-6-17/h4,7-9,12-14,17H,5-6,10-11H2,1-3H3,(H,25,27)/b9-4+. The van der Waals surface area contributed by atoms with E-state index >= 15 is 0 Å². The minimum atomic E-state index is -0.272. The first-order valence-corrected chi connectivity index (χ1v) is 10.3. The van der Waals surface area contributed by atoms with Crippen LogP contribution in [0.4, 0.5) is 11.4 Å². The van der Waals surface area contributed by atoms with Gasteiger partial charge in [-0.3, -0.25) is 9.59 Å². The lowest BCUT2D eigenvalue weighted by atomic mass is 10.1. The van der Waals surface area contributed by atoms with Crippen LogP contribution >= 0.6 is 0 Å². The number of carbonyl (C=O) groups excluding carboxylic acids is 2. The van der Waals surface area contributed by atoms with Crippen LogP contribution in [0.5, 0.6) is 17.2 Å². The number of rotatable bonds is 7. The zero-order chi connectivity index (χ0) is 22.0. The molecular weight excluding hydrogens is 396 g/mol. The van der Waals surface area contributed by atoms with Crippen molar-refractivity contribution in [2.75, 3.05) is 38.1 Å². The number of hydrogen-bond acceptors (Lipinski definition) is 5. The Balaban J connectivity index is 1.48. The van der Waals surface area contributed by atoms with E-state index in [1.165, 1.54) is 6.08 Å². The molecule has 2 aromatic carbocycles. The molecule has 0 unspecified atom stereocenters. The second-order valence-corrected chi connectivity index (χ2v) is 7.64. The van der Waals surface area contributed by atoms with Crippen LogP contribution in [0.3, 0.4) is 0 Å². The van der Waals surface area contributed by atoms with Crippen LogP contribution in [0, 0.1) is 5.92 Å². The van der Waals surface area contributed by atoms with Gasteiger partial charge in [-0.15, -0.1) is 0 Å². The molecule has 0 aromatic heterocycles. The number of methoxy groups -OCH3 is 3. The fraction of sp³-hybridized carbons (Fsp3) is 0.333. The molecule has 2 aromatic rings. The van der Waals surface area contributed by atoms with Gasteiger partial charge in [0, 0.05) is 29.9 Å². The average molecular weight is 422 g/mol. The fourth-order valence-electron chi connectivity index (χ4n) is 3.79. The summed E-state index contributed by atoms with van der Waals surface area (Å²) in [5.74, 6) is 1.62. The Kier molecular flexibility index (Phi) is 5.84. The normalized spacial score (nSPS) is 15.0. The summed E-state index contributed by atoms with van der Waals surface area (Å²) in [7, 11) is 4.63. The van der Waals surface area contributed by atoms with Gasteiger partial charge in [-0.1, -0.05) is 6.07 Å². The Hall–Kier alpha value is -3.48. The maximum atomic E-state index is 12.5. The van der Waals surface area contributed by atoms with Crippen molar-refractivity contribution in [2.45, 2.75) is 19.3 Å². The van der Waals surface area contributed by atoms with Gasteiger partial charge in [-0.2, -0.15) is 0 Å². The Morgan fingerprint density at radius 1 is 1.03 bits per heavy atom. The summed E-state index contributed by atoms with van der Waals surface area (Å²) in [5, 5.41) is 2.88. The maximum absolute atomic E-state index is 12.5. The van der Waals surface area contributed by atoms with Crippen molar-refractivity contribution in [3.63, 3.8) is 0 Å². The molecule has 7 nitrogen and oxygen atoms in total. The van der Waals surface area contributed by atoms with Gasteiger partial charge in [0.1, 0.15) is 0 Å². The van der Waals surface area contributed by atoms with Crippen LogP contribution in [0.25, 0.3) is 6.08 Å². The molecule has 0 radical (unpaired) electrons. The van der Waals surface area contributed by atoms with Crippen LogP contribution < -0.4 is 24.4 Å². The van der Waals surface area contributed by atoms with Gasteiger partial charge in [0.15, 0.2) is 11.5 Å². The van der Waals surface area contributed by atoms with E-state index in [1.807, 2.05) is 23.1 Å². The smallest absolute Gasteiger partial charge is 0.248 e. The minimum absolute atomic E-state index is 0.172. The van der Waals surface area contributed by atoms with E-state index in [-0.39, 0.29) is 17.7 Å². The number of fused-ring (bicyclic) bond motifs is 1. The molecule has 1 aliphatic heterocycles. The zero-order valence-electron chi connectivity index (χ0n) is 17.9. The van der Waals surface area contributed by atoms with Crippen molar-refractivity contribution in [1.29, 1.82) is 0 Å². The monoisotopic (exact) mass is 422 g/mol. The van der Waals surface area contributed by atoms with Crippen LogP contribution in [0.1, 0.15) is 24.0 Å². The SMILES string of the molecule is COc1cc(/C=C/C(=O)Nc2ccc3c(c2)N(C(=O)C2CC2)CC3)cc(OC)c1OC. The number of anilines is 2. The molecule has 1 saturated carbocycles. The first-order valence-electron chi connectivity index (χ1n) is 10.3. The summed E-state index contributed by atoms with van der Waals surface area (Å²) in [6, 6.07) is 9.26. The molecular formula is C24H26N2O5. The number of nitrogens with one attached hydrogen (secondary N) is 1. The number of hydrogen-bond donors (Lipinski definition) is 1. The maximum Gasteiger partial charge on any atom is 0.248 e. The quantitative estimate of drug-likeness (QED) is 0.689. The summed E-state index contributed by atoms with van der Waals surface area (Å²) >= 11 is 0. The van der Waals surface area contributed by atoms with Crippen molar-refractivity contribution < 1.29 is 23.8 Å². The van der Waals surface area contributed by atoms with Crippen LogP contribution in [-0.4, -0.2) is 39.7 Å². The lowest BCUT2D eigenvalue weighted by Crippen LogP contribution is -2.30. The lowest BCUT2D eigenvalue weighted by Gasteiger charge is -2.17. The molecule has 1 N–H and O–H groups in total. The molecule has 162 valence electrons. The molecule has 4 rings (SSSR count). The molecule has 0 saturated heterocycles. The molecule has 0 bridgehead atoms. The number of carbonyl (C=O) groups is 2. The number of ether oxygens (including phenoxy) is 3. The summed E-state index contributed by atoms with van der Waals surface area (Å²) in [4.78, 5) is 26.9.